The standard InChI is InChI=1S/C26H30N6O2/c1-16(2)17-9-11-19(12-10-17)32-24(27)22-23(18-6-4-7-20(14-18)33-3)29-26(30-25(22)31-32)28-15-21-8-5-13-34-21/h4,6-7,9-12,14,16,21H,5,8,13,15,27H2,1-3H3,(H,28,30,31)/t21-/m0/s1. The Balaban J connectivity index is 1.61. The maximum absolute atomic E-state index is 6.65. The van der Waals surface area contributed by atoms with E-state index in [1.807, 2.05) is 36.4 Å². The molecule has 34 heavy (non-hydrogen) atoms. The molecule has 1 saturated heterocycles. The number of rotatable bonds is 7. The molecule has 3 N–H and O–H groups in total. The van der Waals surface area contributed by atoms with Crippen LogP contribution < -0.4 is 15.8 Å². The summed E-state index contributed by atoms with van der Waals surface area (Å²) >= 11 is 0. The maximum Gasteiger partial charge on any atom is 0.225 e. The first-order chi connectivity index (χ1) is 16.5. The van der Waals surface area contributed by atoms with Gasteiger partial charge in [-0.25, -0.2) is 9.67 Å². The van der Waals surface area contributed by atoms with Crippen molar-refractivity contribution in [2.24, 2.45) is 0 Å². The minimum absolute atomic E-state index is 0.168. The number of nitrogens with zero attached hydrogens (tertiary/aromatic N) is 4. The fourth-order valence-corrected chi connectivity index (χ4v) is 4.28. The molecule has 8 nitrogen and oxygen atoms in total. The van der Waals surface area contributed by atoms with Crippen LogP contribution in [0.3, 0.4) is 0 Å². The van der Waals surface area contributed by atoms with E-state index >= 15 is 0 Å². The molecule has 0 unspecified atom stereocenters. The van der Waals surface area contributed by atoms with E-state index in [4.69, 9.17) is 30.3 Å². The van der Waals surface area contributed by atoms with Crippen LogP contribution in [-0.4, -0.2) is 46.1 Å². The first kappa shape index (κ1) is 22.2. The second-order valence-electron chi connectivity index (χ2n) is 8.89. The first-order valence-electron chi connectivity index (χ1n) is 11.7. The van der Waals surface area contributed by atoms with E-state index in [-0.39, 0.29) is 6.10 Å². The van der Waals surface area contributed by atoms with E-state index in [0.717, 1.165) is 36.4 Å². The molecule has 0 spiro atoms. The molecule has 0 aliphatic carbocycles. The van der Waals surface area contributed by atoms with Gasteiger partial charge in [-0.1, -0.05) is 38.1 Å². The van der Waals surface area contributed by atoms with E-state index in [0.29, 0.717) is 41.0 Å². The third-order valence-corrected chi connectivity index (χ3v) is 6.23. The number of fused-ring (bicyclic) bond motifs is 1. The van der Waals surface area contributed by atoms with Crippen LogP contribution in [0.4, 0.5) is 11.8 Å². The lowest BCUT2D eigenvalue weighted by molar-refractivity contribution is 0.120. The second kappa shape index (κ2) is 9.30. The number of benzene rings is 2. The molecule has 8 heteroatoms. The van der Waals surface area contributed by atoms with Gasteiger partial charge in [0.25, 0.3) is 0 Å². The Labute approximate surface area is 199 Å². The Morgan fingerprint density at radius 1 is 1.18 bits per heavy atom. The van der Waals surface area contributed by atoms with E-state index in [1.54, 1.807) is 11.8 Å². The SMILES string of the molecule is COc1cccc(-c2nc(NC[C@@H]3CCCO3)nc3nn(-c4ccc(C(C)C)cc4)c(N)c23)c1. The molecule has 3 heterocycles. The summed E-state index contributed by atoms with van der Waals surface area (Å²) in [5.41, 5.74) is 10.9. The molecule has 0 amide bonds. The average Bonchev–Trinajstić information content (AvgIpc) is 3.50. The zero-order valence-corrected chi connectivity index (χ0v) is 19.8. The highest BCUT2D eigenvalue weighted by Gasteiger charge is 2.21. The lowest BCUT2D eigenvalue weighted by atomic mass is 10.0. The number of ether oxygens (including phenoxy) is 2. The van der Waals surface area contributed by atoms with Gasteiger partial charge in [0.05, 0.1) is 30.0 Å². The molecule has 1 atom stereocenters. The Kier molecular flexibility index (Phi) is 6.06. The van der Waals surface area contributed by atoms with Gasteiger partial charge in [0.1, 0.15) is 11.6 Å². The van der Waals surface area contributed by atoms with Gasteiger partial charge < -0.3 is 20.5 Å². The van der Waals surface area contributed by atoms with Gasteiger partial charge in [-0.3, -0.25) is 0 Å². The summed E-state index contributed by atoms with van der Waals surface area (Å²) in [4.78, 5) is 9.54. The van der Waals surface area contributed by atoms with Gasteiger partial charge in [-0.2, -0.15) is 4.98 Å². The average molecular weight is 459 g/mol. The van der Waals surface area contributed by atoms with E-state index in [2.05, 4.69) is 31.3 Å². The molecule has 176 valence electrons. The van der Waals surface area contributed by atoms with Gasteiger partial charge in [0.2, 0.25) is 5.95 Å². The van der Waals surface area contributed by atoms with Crippen molar-refractivity contribution >= 4 is 22.8 Å². The second-order valence-corrected chi connectivity index (χ2v) is 8.89. The van der Waals surface area contributed by atoms with Crippen LogP contribution in [0.5, 0.6) is 5.75 Å². The van der Waals surface area contributed by atoms with Crippen molar-refractivity contribution in [1.82, 2.24) is 19.7 Å². The van der Waals surface area contributed by atoms with Crippen molar-refractivity contribution in [3.05, 3.63) is 54.1 Å². The van der Waals surface area contributed by atoms with Gasteiger partial charge >= 0.3 is 0 Å². The van der Waals surface area contributed by atoms with Crippen LogP contribution in [0.25, 0.3) is 28.0 Å². The zero-order chi connectivity index (χ0) is 23.7. The number of aromatic nitrogens is 4. The Bertz CT molecular complexity index is 1290. The number of nitrogen functional groups attached to an aromatic ring is 1. The monoisotopic (exact) mass is 458 g/mol. The highest BCUT2D eigenvalue weighted by Crippen LogP contribution is 2.34. The summed E-state index contributed by atoms with van der Waals surface area (Å²) in [6.07, 6.45) is 2.28. The summed E-state index contributed by atoms with van der Waals surface area (Å²) in [7, 11) is 1.65. The highest BCUT2D eigenvalue weighted by molar-refractivity contribution is 5.99. The molecule has 5 rings (SSSR count). The van der Waals surface area contributed by atoms with Gasteiger partial charge in [0.15, 0.2) is 5.65 Å². The maximum atomic E-state index is 6.65. The van der Waals surface area contributed by atoms with Crippen LogP contribution in [-0.2, 0) is 4.74 Å². The minimum atomic E-state index is 0.168. The van der Waals surface area contributed by atoms with E-state index < -0.39 is 0 Å². The lowest BCUT2D eigenvalue weighted by Gasteiger charge is -2.12. The molecule has 0 saturated carbocycles. The number of hydrogen-bond acceptors (Lipinski definition) is 7. The molecular weight excluding hydrogens is 428 g/mol. The first-order valence-corrected chi connectivity index (χ1v) is 11.7. The highest BCUT2D eigenvalue weighted by atomic mass is 16.5. The zero-order valence-electron chi connectivity index (χ0n) is 19.8. The number of nitrogens with one attached hydrogen (secondary N) is 1. The summed E-state index contributed by atoms with van der Waals surface area (Å²) in [6, 6.07) is 16.1. The molecule has 1 aliphatic heterocycles. The quantitative estimate of drug-likeness (QED) is 0.411. The predicted octanol–water partition coefficient (Wildman–Crippen LogP) is 4.79. The molecule has 2 aromatic carbocycles. The summed E-state index contributed by atoms with van der Waals surface area (Å²) in [6.45, 7) is 5.80. The minimum Gasteiger partial charge on any atom is -0.497 e. The normalized spacial score (nSPS) is 15.8. The number of methoxy groups -OCH3 is 1. The smallest absolute Gasteiger partial charge is 0.225 e. The number of nitrogens with two attached hydrogens (primary N) is 1. The molecule has 1 aliphatic rings. The van der Waals surface area contributed by atoms with Crippen molar-refractivity contribution in [2.45, 2.75) is 38.7 Å². The third-order valence-electron chi connectivity index (χ3n) is 6.23. The van der Waals surface area contributed by atoms with Crippen LogP contribution in [0.1, 0.15) is 38.2 Å². The van der Waals surface area contributed by atoms with Crippen molar-refractivity contribution < 1.29 is 9.47 Å². The van der Waals surface area contributed by atoms with Crippen molar-refractivity contribution in [2.75, 3.05) is 31.3 Å². The largest absolute Gasteiger partial charge is 0.497 e. The Morgan fingerprint density at radius 3 is 2.71 bits per heavy atom. The van der Waals surface area contributed by atoms with Crippen LogP contribution >= 0.6 is 0 Å². The lowest BCUT2D eigenvalue weighted by Crippen LogP contribution is -2.19. The Morgan fingerprint density at radius 2 is 2.00 bits per heavy atom. The van der Waals surface area contributed by atoms with E-state index in [9.17, 15) is 0 Å². The fraction of sp³-hybridized carbons (Fsp3) is 0.346. The van der Waals surface area contributed by atoms with Crippen LogP contribution in [0.2, 0.25) is 0 Å². The summed E-state index contributed by atoms with van der Waals surface area (Å²) in [5.74, 6) is 2.19. The van der Waals surface area contributed by atoms with Gasteiger partial charge in [-0.15, -0.1) is 5.10 Å². The fourth-order valence-electron chi connectivity index (χ4n) is 4.28. The molecule has 1 fully saturated rings. The number of anilines is 2. The molecular formula is C26H30N6O2. The van der Waals surface area contributed by atoms with Crippen molar-refractivity contribution in [3.8, 4) is 22.7 Å². The van der Waals surface area contributed by atoms with E-state index in [1.165, 1.54) is 5.56 Å². The predicted molar refractivity (Wildman–Crippen MR) is 135 cm³/mol. The number of hydrogen-bond donors (Lipinski definition) is 2. The molecule has 2 aromatic heterocycles. The van der Waals surface area contributed by atoms with Crippen LogP contribution in [0.15, 0.2) is 48.5 Å². The topological polar surface area (TPSA) is 100 Å². The summed E-state index contributed by atoms with van der Waals surface area (Å²) < 4.78 is 12.9. The molecule has 0 radical (unpaired) electrons. The van der Waals surface area contributed by atoms with Crippen LogP contribution in [0, 0.1) is 0 Å². The van der Waals surface area contributed by atoms with Gasteiger partial charge in [0, 0.05) is 18.7 Å². The third kappa shape index (κ3) is 4.28. The Hall–Kier alpha value is -3.65. The molecule has 0 bridgehead atoms. The van der Waals surface area contributed by atoms with Crippen molar-refractivity contribution in [3.63, 3.8) is 0 Å². The molecule has 4 aromatic rings. The summed E-state index contributed by atoms with van der Waals surface area (Å²) in [5, 5.41) is 8.81. The van der Waals surface area contributed by atoms with Gasteiger partial charge in [-0.05, 0) is 48.6 Å². The van der Waals surface area contributed by atoms with Crippen molar-refractivity contribution in [1.29, 1.82) is 0 Å².